The van der Waals surface area contributed by atoms with Crippen LogP contribution in [0.3, 0.4) is 0 Å². The molecule has 10 heteroatoms. The molecule has 1 aromatic rings. The highest BCUT2D eigenvalue weighted by Crippen LogP contribution is 2.56. The molecule has 0 unspecified atom stereocenters. The topological polar surface area (TPSA) is 133 Å². The Kier molecular flexibility index (Phi) is 8.17. The van der Waals surface area contributed by atoms with E-state index < -0.39 is 46.5 Å². The third kappa shape index (κ3) is 5.18. The predicted octanol–water partition coefficient (Wildman–Crippen LogP) is 3.60. The highest BCUT2D eigenvalue weighted by atomic mass is 35.5. The van der Waals surface area contributed by atoms with Crippen molar-refractivity contribution in [2.24, 2.45) is 16.7 Å². The van der Waals surface area contributed by atoms with Crippen molar-refractivity contribution in [1.82, 2.24) is 10.6 Å². The monoisotopic (exact) mass is 486 g/mol. The first-order valence-electron chi connectivity index (χ1n) is 10.3. The SMILES string of the molecule is CC1(C)[C@@H](C(=O)N[C@@H](CCCNC(=O)c2c(Cl)cccc2Cl)C(=O)O)CC[C@@]1(C)C(=O)O. The Balaban J connectivity index is 1.93. The number of carbonyl (C=O) groups excluding carboxylic acids is 2. The molecule has 176 valence electrons. The lowest BCUT2D eigenvalue weighted by Crippen LogP contribution is -2.49. The lowest BCUT2D eigenvalue weighted by atomic mass is 9.65. The maximum Gasteiger partial charge on any atom is 0.326 e. The van der Waals surface area contributed by atoms with Gasteiger partial charge >= 0.3 is 11.9 Å². The maximum absolute atomic E-state index is 12.8. The second-order valence-corrected chi connectivity index (χ2v) is 9.66. The van der Waals surface area contributed by atoms with Crippen LogP contribution in [0, 0.1) is 16.7 Å². The molecule has 2 rings (SSSR count). The Bertz CT molecular complexity index is 899. The molecule has 1 aliphatic rings. The number of hydrogen-bond acceptors (Lipinski definition) is 4. The Morgan fingerprint density at radius 3 is 2.22 bits per heavy atom. The van der Waals surface area contributed by atoms with Gasteiger partial charge in [0, 0.05) is 12.5 Å². The first kappa shape index (κ1) is 25.9. The van der Waals surface area contributed by atoms with E-state index >= 15 is 0 Å². The van der Waals surface area contributed by atoms with E-state index in [1.54, 1.807) is 26.8 Å². The lowest BCUT2D eigenvalue weighted by molar-refractivity contribution is -0.155. The minimum atomic E-state index is -1.20. The van der Waals surface area contributed by atoms with Crippen LogP contribution >= 0.6 is 23.2 Å². The standard InChI is InChI=1S/C22H28Cl2N2O6/c1-21(2)12(9-10-22(21,3)20(31)32)17(27)26-15(19(29)30)8-5-11-25-18(28)16-13(23)6-4-7-14(16)24/h4,6-7,12,15H,5,8-11H2,1-3H3,(H,25,28)(H,26,27)(H,29,30)(H,31,32)/t12-,15+,22+/m1/s1. The van der Waals surface area contributed by atoms with Crippen molar-refractivity contribution in [2.45, 2.75) is 52.5 Å². The normalized spacial score (nSPS) is 22.7. The van der Waals surface area contributed by atoms with Gasteiger partial charge in [0.05, 0.1) is 21.0 Å². The number of halogens is 2. The zero-order valence-electron chi connectivity index (χ0n) is 18.2. The maximum atomic E-state index is 12.8. The van der Waals surface area contributed by atoms with Crippen molar-refractivity contribution in [1.29, 1.82) is 0 Å². The van der Waals surface area contributed by atoms with Gasteiger partial charge < -0.3 is 20.8 Å². The molecule has 1 aromatic carbocycles. The minimum absolute atomic E-state index is 0.0843. The average molecular weight is 487 g/mol. The van der Waals surface area contributed by atoms with Crippen LogP contribution in [0.2, 0.25) is 10.0 Å². The van der Waals surface area contributed by atoms with Crippen molar-refractivity contribution in [3.63, 3.8) is 0 Å². The predicted molar refractivity (Wildman–Crippen MR) is 120 cm³/mol. The number of carboxylic acid groups (broad SMARTS) is 2. The summed E-state index contributed by atoms with van der Waals surface area (Å²) in [6.45, 7) is 5.23. The van der Waals surface area contributed by atoms with Crippen molar-refractivity contribution in [3.8, 4) is 0 Å². The third-order valence-electron chi connectivity index (χ3n) is 6.77. The highest BCUT2D eigenvalue weighted by Gasteiger charge is 2.58. The van der Waals surface area contributed by atoms with Crippen LogP contribution in [-0.2, 0) is 14.4 Å². The smallest absolute Gasteiger partial charge is 0.326 e. The molecule has 0 bridgehead atoms. The molecule has 0 heterocycles. The van der Waals surface area contributed by atoms with Crippen molar-refractivity contribution in [2.75, 3.05) is 6.54 Å². The molecule has 8 nitrogen and oxygen atoms in total. The van der Waals surface area contributed by atoms with Gasteiger partial charge in [-0.25, -0.2) is 4.79 Å². The fraction of sp³-hybridized carbons (Fsp3) is 0.545. The second kappa shape index (κ2) is 10.1. The number of amides is 2. The summed E-state index contributed by atoms with van der Waals surface area (Å²) in [6.07, 6.45) is 1.07. The van der Waals surface area contributed by atoms with Crippen LogP contribution in [0.4, 0.5) is 0 Å². The van der Waals surface area contributed by atoms with Gasteiger partial charge in [0.25, 0.3) is 5.91 Å². The molecule has 2 amide bonds. The largest absolute Gasteiger partial charge is 0.481 e. The van der Waals surface area contributed by atoms with E-state index in [0.29, 0.717) is 12.8 Å². The fourth-order valence-electron chi connectivity index (χ4n) is 4.18. The summed E-state index contributed by atoms with van der Waals surface area (Å²) in [4.78, 5) is 48.5. The highest BCUT2D eigenvalue weighted by molar-refractivity contribution is 6.39. The summed E-state index contributed by atoms with van der Waals surface area (Å²) in [5.74, 6) is -3.73. The fourth-order valence-corrected chi connectivity index (χ4v) is 4.75. The summed E-state index contributed by atoms with van der Waals surface area (Å²) < 4.78 is 0. The van der Waals surface area contributed by atoms with Crippen LogP contribution in [0.15, 0.2) is 18.2 Å². The summed E-state index contributed by atoms with van der Waals surface area (Å²) in [6, 6.07) is 3.54. The summed E-state index contributed by atoms with van der Waals surface area (Å²) >= 11 is 12.0. The van der Waals surface area contributed by atoms with E-state index in [0.717, 1.165) is 0 Å². The summed E-state index contributed by atoms with van der Waals surface area (Å²) in [7, 11) is 0. The van der Waals surface area contributed by atoms with Gasteiger partial charge in [0.15, 0.2) is 0 Å². The number of carboxylic acids is 2. The van der Waals surface area contributed by atoms with E-state index in [1.165, 1.54) is 12.1 Å². The van der Waals surface area contributed by atoms with Gasteiger partial charge in [-0.1, -0.05) is 43.1 Å². The van der Waals surface area contributed by atoms with Crippen LogP contribution in [0.25, 0.3) is 0 Å². The van der Waals surface area contributed by atoms with Gasteiger partial charge in [-0.3, -0.25) is 14.4 Å². The Labute approximate surface area is 196 Å². The average Bonchev–Trinajstić information content (AvgIpc) is 2.94. The summed E-state index contributed by atoms with van der Waals surface area (Å²) in [5.41, 5.74) is -1.77. The van der Waals surface area contributed by atoms with Crippen molar-refractivity contribution >= 4 is 47.0 Å². The van der Waals surface area contributed by atoms with Gasteiger partial charge in [-0.2, -0.15) is 0 Å². The third-order valence-corrected chi connectivity index (χ3v) is 7.40. The first-order chi connectivity index (χ1) is 14.8. The molecule has 1 aliphatic carbocycles. The molecule has 0 aromatic heterocycles. The number of rotatable bonds is 9. The van der Waals surface area contributed by atoms with Crippen molar-refractivity contribution in [3.05, 3.63) is 33.8 Å². The number of carbonyl (C=O) groups is 4. The van der Waals surface area contributed by atoms with E-state index in [2.05, 4.69) is 10.6 Å². The minimum Gasteiger partial charge on any atom is -0.481 e. The first-order valence-corrected chi connectivity index (χ1v) is 11.1. The molecule has 0 aliphatic heterocycles. The van der Waals surface area contributed by atoms with E-state index in [1.807, 2.05) is 0 Å². The molecule has 4 N–H and O–H groups in total. The van der Waals surface area contributed by atoms with Crippen LogP contribution in [-0.4, -0.2) is 46.6 Å². The molecule has 32 heavy (non-hydrogen) atoms. The van der Waals surface area contributed by atoms with E-state index in [9.17, 15) is 29.4 Å². The molecular weight excluding hydrogens is 459 g/mol. The molecule has 0 radical (unpaired) electrons. The Morgan fingerprint density at radius 2 is 1.72 bits per heavy atom. The number of aliphatic carboxylic acids is 2. The molecule has 1 fully saturated rings. The molecule has 1 saturated carbocycles. The van der Waals surface area contributed by atoms with E-state index in [4.69, 9.17) is 23.2 Å². The zero-order chi connectivity index (χ0) is 24.3. The van der Waals surface area contributed by atoms with Crippen LogP contribution < -0.4 is 10.6 Å². The summed E-state index contributed by atoms with van der Waals surface area (Å²) in [5, 5.41) is 24.7. The van der Waals surface area contributed by atoms with Gasteiger partial charge in [0.2, 0.25) is 5.91 Å². The lowest BCUT2D eigenvalue weighted by Gasteiger charge is -2.38. The van der Waals surface area contributed by atoms with E-state index in [-0.39, 0.29) is 35.0 Å². The molecule has 0 saturated heterocycles. The number of benzene rings is 1. The van der Waals surface area contributed by atoms with Crippen LogP contribution in [0.5, 0.6) is 0 Å². The Hall–Kier alpha value is -2.32. The number of nitrogens with one attached hydrogen (secondary N) is 2. The van der Waals surface area contributed by atoms with Gasteiger partial charge in [0.1, 0.15) is 6.04 Å². The van der Waals surface area contributed by atoms with Crippen molar-refractivity contribution < 1.29 is 29.4 Å². The second-order valence-electron chi connectivity index (χ2n) is 8.84. The molecule has 0 spiro atoms. The Morgan fingerprint density at radius 1 is 1.12 bits per heavy atom. The molecule has 3 atom stereocenters. The van der Waals surface area contributed by atoms with Crippen LogP contribution in [0.1, 0.15) is 56.8 Å². The number of hydrogen-bond donors (Lipinski definition) is 4. The molecular formula is C22H28Cl2N2O6. The van der Waals surface area contributed by atoms with Gasteiger partial charge in [-0.15, -0.1) is 0 Å². The van der Waals surface area contributed by atoms with Gasteiger partial charge in [-0.05, 0) is 50.2 Å². The zero-order valence-corrected chi connectivity index (χ0v) is 19.7. The quantitative estimate of drug-likeness (QED) is 0.394.